The van der Waals surface area contributed by atoms with Gasteiger partial charge in [0.05, 0.1) is 17.3 Å². The third-order valence-electron chi connectivity index (χ3n) is 8.20. The van der Waals surface area contributed by atoms with E-state index in [1.807, 2.05) is 0 Å². The molecule has 2 amide bonds. The summed E-state index contributed by atoms with van der Waals surface area (Å²) in [5.74, 6) is -3.95. The van der Waals surface area contributed by atoms with Crippen LogP contribution in [0.15, 0.2) is 54.7 Å². The van der Waals surface area contributed by atoms with Crippen LogP contribution in [0.3, 0.4) is 0 Å². The summed E-state index contributed by atoms with van der Waals surface area (Å²) in [6.07, 6.45) is -0.134. The van der Waals surface area contributed by atoms with Gasteiger partial charge in [0, 0.05) is 41.4 Å². The molecule has 1 fully saturated rings. The van der Waals surface area contributed by atoms with E-state index in [-0.39, 0.29) is 47.2 Å². The van der Waals surface area contributed by atoms with Crippen molar-refractivity contribution < 1.29 is 31.5 Å². The highest BCUT2D eigenvalue weighted by atomic mass is 19.3. The Kier molecular flexibility index (Phi) is 7.45. The molecule has 4 atom stereocenters. The standard InChI is InChI=1S/C31H26F5N5O2/c32-18-6-14(7-19(33)13-18)8-24(27-20(2-1-5-38-27)15-3-4-23(34)22(10-15)31(37)43)39-25(42)12-17-9-16-11-21(16)28-26(17)29(30(35)36)41-40-28/h1-7,10,13,16-17,21,24,30H,8-9,11-12H2,(H2,37,43)(H,39,42)(H,40,41). The fourth-order valence-electron chi connectivity index (χ4n) is 6.27. The van der Waals surface area contributed by atoms with Gasteiger partial charge >= 0.3 is 0 Å². The summed E-state index contributed by atoms with van der Waals surface area (Å²) in [7, 11) is 0. The Morgan fingerprint density at radius 2 is 1.79 bits per heavy atom. The summed E-state index contributed by atoms with van der Waals surface area (Å²) >= 11 is 0. The van der Waals surface area contributed by atoms with E-state index in [4.69, 9.17) is 5.73 Å². The van der Waals surface area contributed by atoms with Gasteiger partial charge in [-0.1, -0.05) is 12.1 Å². The van der Waals surface area contributed by atoms with Gasteiger partial charge in [-0.2, -0.15) is 5.10 Å². The molecular weight excluding hydrogens is 569 g/mol. The molecule has 0 radical (unpaired) electrons. The lowest BCUT2D eigenvalue weighted by Crippen LogP contribution is -2.32. The average Bonchev–Trinajstić information content (AvgIpc) is 3.58. The van der Waals surface area contributed by atoms with Crippen LogP contribution in [-0.2, 0) is 11.2 Å². The number of aromatic amines is 1. The number of carbonyl (C=O) groups is 2. The van der Waals surface area contributed by atoms with Crippen molar-refractivity contribution in [1.82, 2.24) is 20.5 Å². The minimum atomic E-state index is -2.80. The molecule has 4 unspecified atom stereocenters. The number of nitrogens with two attached hydrogens (primary N) is 1. The third kappa shape index (κ3) is 5.73. The lowest BCUT2D eigenvalue weighted by atomic mass is 9.83. The quantitative estimate of drug-likeness (QED) is 0.206. The van der Waals surface area contributed by atoms with E-state index >= 15 is 0 Å². The van der Waals surface area contributed by atoms with Gasteiger partial charge in [0.1, 0.15) is 23.1 Å². The third-order valence-corrected chi connectivity index (χ3v) is 8.20. The van der Waals surface area contributed by atoms with Crippen LogP contribution in [0.1, 0.15) is 82.1 Å². The first-order chi connectivity index (χ1) is 20.6. The maximum absolute atomic E-state index is 14.2. The molecular formula is C31H26F5N5O2. The van der Waals surface area contributed by atoms with Crippen LogP contribution in [-0.4, -0.2) is 27.0 Å². The summed E-state index contributed by atoms with van der Waals surface area (Å²) in [5.41, 5.74) is 6.99. The molecule has 0 bridgehead atoms. The van der Waals surface area contributed by atoms with E-state index in [0.29, 0.717) is 28.8 Å². The van der Waals surface area contributed by atoms with E-state index in [1.54, 1.807) is 12.1 Å². The van der Waals surface area contributed by atoms with Gasteiger partial charge in [-0.3, -0.25) is 19.7 Å². The number of amides is 2. The van der Waals surface area contributed by atoms with Crippen molar-refractivity contribution >= 4 is 11.8 Å². The molecule has 2 aliphatic carbocycles. The van der Waals surface area contributed by atoms with Crippen molar-refractivity contribution in [3.63, 3.8) is 0 Å². The van der Waals surface area contributed by atoms with E-state index in [9.17, 15) is 31.5 Å². The molecule has 222 valence electrons. The molecule has 2 heterocycles. The number of nitrogens with one attached hydrogen (secondary N) is 2. The Labute approximate surface area is 242 Å². The Hall–Kier alpha value is -4.61. The first-order valence-corrected chi connectivity index (χ1v) is 13.7. The molecule has 4 N–H and O–H groups in total. The van der Waals surface area contributed by atoms with E-state index in [0.717, 1.165) is 30.7 Å². The molecule has 0 spiro atoms. The van der Waals surface area contributed by atoms with E-state index < -0.39 is 47.7 Å². The smallest absolute Gasteiger partial charge is 0.282 e. The van der Waals surface area contributed by atoms with Crippen molar-refractivity contribution in [2.24, 2.45) is 11.7 Å². The van der Waals surface area contributed by atoms with Gasteiger partial charge in [-0.15, -0.1) is 0 Å². The summed E-state index contributed by atoms with van der Waals surface area (Å²) in [5, 5.41) is 9.48. The number of benzene rings is 2. The average molecular weight is 596 g/mol. The van der Waals surface area contributed by atoms with Crippen LogP contribution < -0.4 is 11.1 Å². The van der Waals surface area contributed by atoms with Gasteiger partial charge in [0.2, 0.25) is 5.91 Å². The number of halogens is 5. The first-order valence-electron chi connectivity index (χ1n) is 13.7. The topological polar surface area (TPSA) is 114 Å². The number of hydrogen-bond acceptors (Lipinski definition) is 4. The Balaban J connectivity index is 1.34. The van der Waals surface area contributed by atoms with Crippen molar-refractivity contribution in [2.45, 2.75) is 50.0 Å². The molecule has 7 nitrogen and oxygen atoms in total. The minimum Gasteiger partial charge on any atom is -0.366 e. The van der Waals surface area contributed by atoms with Gasteiger partial charge < -0.3 is 11.1 Å². The molecule has 4 aromatic rings. The number of carbonyl (C=O) groups excluding carboxylic acids is 2. The first kappa shape index (κ1) is 28.5. The number of aromatic nitrogens is 3. The number of fused-ring (bicyclic) bond motifs is 3. The number of H-pyrrole nitrogens is 1. The maximum atomic E-state index is 14.2. The van der Waals surface area contributed by atoms with Crippen molar-refractivity contribution in [3.8, 4) is 11.1 Å². The summed E-state index contributed by atoms with van der Waals surface area (Å²) < 4.78 is 70.0. The zero-order chi connectivity index (χ0) is 30.4. The lowest BCUT2D eigenvalue weighted by molar-refractivity contribution is -0.122. The second-order valence-corrected chi connectivity index (χ2v) is 11.1. The molecule has 12 heteroatoms. The van der Waals surface area contributed by atoms with Crippen LogP contribution in [0.2, 0.25) is 0 Å². The zero-order valence-electron chi connectivity index (χ0n) is 22.6. The Morgan fingerprint density at radius 3 is 2.51 bits per heavy atom. The van der Waals surface area contributed by atoms with Gasteiger partial charge in [0.25, 0.3) is 12.3 Å². The number of alkyl halides is 2. The predicted molar refractivity (Wildman–Crippen MR) is 145 cm³/mol. The fraction of sp³-hybridized carbons (Fsp3) is 0.290. The Morgan fingerprint density at radius 1 is 1.02 bits per heavy atom. The molecule has 2 aromatic heterocycles. The highest BCUT2D eigenvalue weighted by Gasteiger charge is 2.49. The van der Waals surface area contributed by atoms with Crippen LogP contribution >= 0.6 is 0 Å². The van der Waals surface area contributed by atoms with Crippen molar-refractivity contribution in [1.29, 1.82) is 0 Å². The summed E-state index contributed by atoms with van der Waals surface area (Å²) in [6, 6.07) is 9.07. The van der Waals surface area contributed by atoms with Crippen molar-refractivity contribution in [3.05, 3.63) is 106 Å². The molecule has 2 aliphatic rings. The number of pyridine rings is 1. The molecule has 0 aliphatic heterocycles. The molecule has 6 rings (SSSR count). The Bertz CT molecular complexity index is 1690. The molecule has 1 saturated carbocycles. The minimum absolute atomic E-state index is 0.0804. The van der Waals surface area contributed by atoms with E-state index in [1.165, 1.54) is 18.3 Å². The van der Waals surface area contributed by atoms with E-state index in [2.05, 4.69) is 20.5 Å². The predicted octanol–water partition coefficient (Wildman–Crippen LogP) is 6.01. The lowest BCUT2D eigenvalue weighted by Gasteiger charge is -2.25. The maximum Gasteiger partial charge on any atom is 0.282 e. The van der Waals surface area contributed by atoms with Crippen LogP contribution in [0.5, 0.6) is 0 Å². The normalized spacial score (nSPS) is 19.4. The van der Waals surface area contributed by atoms with Gasteiger partial charge in [0.15, 0.2) is 0 Å². The molecule has 2 aromatic carbocycles. The number of rotatable bonds is 9. The van der Waals surface area contributed by atoms with Crippen LogP contribution in [0.25, 0.3) is 11.1 Å². The highest BCUT2D eigenvalue weighted by Crippen LogP contribution is 2.59. The monoisotopic (exact) mass is 595 g/mol. The summed E-state index contributed by atoms with van der Waals surface area (Å²) in [6.45, 7) is 0. The van der Waals surface area contributed by atoms with Gasteiger partial charge in [-0.25, -0.2) is 22.0 Å². The van der Waals surface area contributed by atoms with Crippen LogP contribution in [0.4, 0.5) is 22.0 Å². The SMILES string of the molecule is NC(=O)c1cc(-c2cccnc2C(Cc2cc(F)cc(F)c2)NC(=O)CC2CC3CC3c3[nH]nc(C(F)F)c32)ccc1F. The molecule has 43 heavy (non-hydrogen) atoms. The number of nitrogens with zero attached hydrogens (tertiary/aromatic N) is 2. The zero-order valence-corrected chi connectivity index (χ0v) is 22.6. The highest BCUT2D eigenvalue weighted by molar-refractivity contribution is 5.94. The number of hydrogen-bond donors (Lipinski definition) is 3. The van der Waals surface area contributed by atoms with Crippen LogP contribution in [0, 0.1) is 23.4 Å². The molecule has 0 saturated heterocycles. The van der Waals surface area contributed by atoms with Crippen molar-refractivity contribution in [2.75, 3.05) is 0 Å². The fourth-order valence-corrected chi connectivity index (χ4v) is 6.27. The van der Waals surface area contributed by atoms with Gasteiger partial charge in [-0.05, 0) is 72.6 Å². The number of primary amides is 1. The second-order valence-electron chi connectivity index (χ2n) is 11.1. The second kappa shape index (κ2) is 11.2. The summed E-state index contributed by atoms with van der Waals surface area (Å²) in [4.78, 5) is 29.8. The largest absolute Gasteiger partial charge is 0.366 e.